The lowest BCUT2D eigenvalue weighted by Gasteiger charge is -2.07. The van der Waals surface area contributed by atoms with E-state index in [0.29, 0.717) is 30.3 Å². The lowest BCUT2D eigenvalue weighted by Crippen LogP contribution is -2.07. The molecule has 1 aromatic carbocycles. The van der Waals surface area contributed by atoms with Crippen LogP contribution in [-0.4, -0.2) is 22.0 Å². The van der Waals surface area contributed by atoms with Crippen LogP contribution in [0.2, 0.25) is 0 Å². The van der Waals surface area contributed by atoms with E-state index in [-0.39, 0.29) is 5.97 Å². The van der Waals surface area contributed by atoms with Gasteiger partial charge in [-0.2, -0.15) is 0 Å². The average Bonchev–Trinajstić information content (AvgIpc) is 2.97. The smallest absolute Gasteiger partial charge is 0.356 e. The number of esters is 1. The number of rotatable bonds is 5. The summed E-state index contributed by atoms with van der Waals surface area (Å²) in [5.74, 6) is 0.324. The molecule has 0 unspecified atom stereocenters. The number of ether oxygens (including phenoxy) is 2. The van der Waals surface area contributed by atoms with E-state index in [9.17, 15) is 4.79 Å². The monoisotopic (exact) mass is 296 g/mol. The maximum atomic E-state index is 11.8. The van der Waals surface area contributed by atoms with Gasteiger partial charge in [-0.25, -0.2) is 9.78 Å². The van der Waals surface area contributed by atoms with Gasteiger partial charge in [0.05, 0.1) is 12.8 Å². The molecule has 0 atom stereocenters. The number of aromatic nitrogens is 2. The average molecular weight is 296 g/mol. The molecule has 0 N–H and O–H groups in total. The van der Waals surface area contributed by atoms with Crippen LogP contribution in [0, 0.1) is 0 Å². The molecule has 0 bridgehead atoms. The zero-order valence-corrected chi connectivity index (χ0v) is 12.2. The molecule has 0 amide bonds. The maximum Gasteiger partial charge on any atom is 0.356 e. The van der Waals surface area contributed by atoms with Crippen molar-refractivity contribution in [3.63, 3.8) is 0 Å². The van der Waals surface area contributed by atoms with Crippen LogP contribution in [0.3, 0.4) is 0 Å². The third-order valence-electron chi connectivity index (χ3n) is 3.22. The van der Waals surface area contributed by atoms with Gasteiger partial charge in [-0.3, -0.25) is 4.40 Å². The fraction of sp³-hybridized carbons (Fsp3) is 0.176. The number of carbonyl (C=O) groups excluding carboxylic acids is 1. The zero-order chi connectivity index (χ0) is 15.4. The minimum absolute atomic E-state index is 0.338. The summed E-state index contributed by atoms with van der Waals surface area (Å²) in [6, 6.07) is 13.5. The van der Waals surface area contributed by atoms with Crippen LogP contribution in [0.15, 0.2) is 54.9 Å². The van der Waals surface area contributed by atoms with Gasteiger partial charge in [0.25, 0.3) is 0 Å². The van der Waals surface area contributed by atoms with Gasteiger partial charge in [0.2, 0.25) is 0 Å². The summed E-state index contributed by atoms with van der Waals surface area (Å²) in [6.07, 6.45) is 3.27. The molecule has 0 saturated heterocycles. The van der Waals surface area contributed by atoms with Crippen molar-refractivity contribution >= 4 is 11.6 Å². The van der Waals surface area contributed by atoms with E-state index in [1.54, 1.807) is 29.7 Å². The number of fused-ring (bicyclic) bond motifs is 1. The van der Waals surface area contributed by atoms with Crippen molar-refractivity contribution in [2.24, 2.45) is 0 Å². The third kappa shape index (κ3) is 2.93. The highest BCUT2D eigenvalue weighted by atomic mass is 16.5. The van der Waals surface area contributed by atoms with E-state index in [0.717, 1.165) is 5.56 Å². The van der Waals surface area contributed by atoms with Crippen molar-refractivity contribution in [1.82, 2.24) is 9.38 Å². The summed E-state index contributed by atoms with van der Waals surface area (Å²) in [5, 5.41) is 0. The largest absolute Gasteiger partial charge is 0.489 e. The maximum absolute atomic E-state index is 11.8. The summed E-state index contributed by atoms with van der Waals surface area (Å²) < 4.78 is 12.4. The molecular formula is C17H16N2O3. The Morgan fingerprint density at radius 1 is 1.23 bits per heavy atom. The van der Waals surface area contributed by atoms with Crippen LogP contribution in [0.4, 0.5) is 0 Å². The molecule has 0 aliphatic carbocycles. The van der Waals surface area contributed by atoms with Crippen molar-refractivity contribution in [3.8, 4) is 5.75 Å². The highest BCUT2D eigenvalue weighted by molar-refractivity contribution is 5.88. The van der Waals surface area contributed by atoms with E-state index in [4.69, 9.17) is 9.47 Å². The number of imidazole rings is 1. The van der Waals surface area contributed by atoms with Gasteiger partial charge in [0, 0.05) is 12.3 Å². The van der Waals surface area contributed by atoms with Crippen LogP contribution in [0.25, 0.3) is 5.65 Å². The topological polar surface area (TPSA) is 52.8 Å². The van der Waals surface area contributed by atoms with Crippen LogP contribution < -0.4 is 4.74 Å². The normalized spacial score (nSPS) is 10.6. The van der Waals surface area contributed by atoms with Gasteiger partial charge in [0.1, 0.15) is 18.0 Å². The zero-order valence-electron chi connectivity index (χ0n) is 12.2. The molecular weight excluding hydrogens is 280 g/mol. The van der Waals surface area contributed by atoms with E-state index < -0.39 is 0 Å². The Hall–Kier alpha value is -2.82. The first-order chi connectivity index (χ1) is 10.8. The van der Waals surface area contributed by atoms with Gasteiger partial charge in [-0.1, -0.05) is 30.3 Å². The van der Waals surface area contributed by atoms with Gasteiger partial charge in [-0.15, -0.1) is 0 Å². The van der Waals surface area contributed by atoms with E-state index in [1.807, 2.05) is 30.3 Å². The molecule has 3 aromatic rings. The van der Waals surface area contributed by atoms with Crippen LogP contribution in [-0.2, 0) is 11.3 Å². The first-order valence-corrected chi connectivity index (χ1v) is 7.09. The fourth-order valence-electron chi connectivity index (χ4n) is 2.15. The van der Waals surface area contributed by atoms with E-state index in [2.05, 4.69) is 4.98 Å². The SMILES string of the molecule is CCOC(=O)c1cnc2cc(OCc3ccccc3)ccn12. The quantitative estimate of drug-likeness (QED) is 0.679. The molecule has 0 radical (unpaired) electrons. The first kappa shape index (κ1) is 14.1. The number of nitrogens with zero attached hydrogens (tertiary/aromatic N) is 2. The summed E-state index contributed by atoms with van der Waals surface area (Å²) in [6.45, 7) is 2.60. The predicted molar refractivity (Wildman–Crippen MR) is 81.9 cm³/mol. The molecule has 2 heterocycles. The number of hydrogen-bond donors (Lipinski definition) is 0. The number of hydrogen-bond acceptors (Lipinski definition) is 4. The Morgan fingerprint density at radius 3 is 2.82 bits per heavy atom. The van der Waals surface area contributed by atoms with Crippen molar-refractivity contribution < 1.29 is 14.3 Å². The standard InChI is InChI=1S/C17H16N2O3/c1-2-21-17(20)15-11-18-16-10-14(8-9-19(15)16)22-12-13-6-4-3-5-7-13/h3-11H,2,12H2,1H3. The minimum atomic E-state index is -0.382. The van der Waals surface area contributed by atoms with Gasteiger partial charge >= 0.3 is 5.97 Å². The molecule has 2 aromatic heterocycles. The Bertz CT molecular complexity index is 781. The predicted octanol–water partition coefficient (Wildman–Crippen LogP) is 3.09. The second kappa shape index (κ2) is 6.30. The highest BCUT2D eigenvalue weighted by Gasteiger charge is 2.13. The van der Waals surface area contributed by atoms with E-state index in [1.165, 1.54) is 6.20 Å². The molecule has 5 nitrogen and oxygen atoms in total. The second-order valence-electron chi connectivity index (χ2n) is 4.73. The molecule has 0 aliphatic heterocycles. The summed E-state index contributed by atoms with van der Waals surface area (Å²) >= 11 is 0. The highest BCUT2D eigenvalue weighted by Crippen LogP contribution is 2.17. The molecule has 0 fully saturated rings. The van der Waals surface area contributed by atoms with Gasteiger partial charge in [-0.05, 0) is 18.6 Å². The van der Waals surface area contributed by atoms with Gasteiger partial charge < -0.3 is 9.47 Å². The summed E-state index contributed by atoms with van der Waals surface area (Å²) in [5.41, 5.74) is 2.15. The summed E-state index contributed by atoms with van der Waals surface area (Å²) in [7, 11) is 0. The number of pyridine rings is 1. The van der Waals surface area contributed by atoms with Crippen LogP contribution in [0.5, 0.6) is 5.75 Å². The van der Waals surface area contributed by atoms with E-state index >= 15 is 0 Å². The Kier molecular flexibility index (Phi) is 4.05. The van der Waals surface area contributed by atoms with Crippen LogP contribution >= 0.6 is 0 Å². The Labute approximate surface area is 128 Å². The minimum Gasteiger partial charge on any atom is -0.489 e. The van der Waals surface area contributed by atoms with Crippen molar-refractivity contribution in [3.05, 3.63) is 66.1 Å². The lowest BCUT2D eigenvalue weighted by atomic mass is 10.2. The third-order valence-corrected chi connectivity index (χ3v) is 3.22. The number of carbonyl (C=O) groups is 1. The van der Waals surface area contributed by atoms with Gasteiger partial charge in [0.15, 0.2) is 5.69 Å². The molecule has 3 rings (SSSR count). The second-order valence-corrected chi connectivity index (χ2v) is 4.73. The van der Waals surface area contributed by atoms with Crippen molar-refractivity contribution in [2.45, 2.75) is 13.5 Å². The fourth-order valence-corrected chi connectivity index (χ4v) is 2.15. The molecule has 112 valence electrons. The van der Waals surface area contributed by atoms with Crippen LogP contribution in [0.1, 0.15) is 23.0 Å². The Morgan fingerprint density at radius 2 is 2.05 bits per heavy atom. The lowest BCUT2D eigenvalue weighted by molar-refractivity contribution is 0.0518. The van der Waals surface area contributed by atoms with Crippen molar-refractivity contribution in [2.75, 3.05) is 6.61 Å². The molecule has 0 spiro atoms. The molecule has 0 saturated carbocycles. The molecule has 0 aliphatic rings. The first-order valence-electron chi connectivity index (χ1n) is 7.09. The molecule has 22 heavy (non-hydrogen) atoms. The summed E-state index contributed by atoms with van der Waals surface area (Å²) in [4.78, 5) is 16.0. The molecule has 5 heteroatoms. The Balaban J connectivity index is 1.78. The van der Waals surface area contributed by atoms with Crippen molar-refractivity contribution in [1.29, 1.82) is 0 Å². The number of benzene rings is 1.